The summed E-state index contributed by atoms with van der Waals surface area (Å²) in [7, 11) is 0. The maximum Gasteiger partial charge on any atom is 0.0931 e. The first-order valence-electron chi connectivity index (χ1n) is 5.70. The van der Waals surface area contributed by atoms with Gasteiger partial charge in [-0.15, -0.1) is 0 Å². The van der Waals surface area contributed by atoms with Gasteiger partial charge in [-0.25, -0.2) is 9.97 Å². The van der Waals surface area contributed by atoms with Crippen LogP contribution in [0.25, 0.3) is 22.1 Å². The van der Waals surface area contributed by atoms with Crippen LogP contribution in [0.2, 0.25) is 0 Å². The number of imidazole rings is 2. The molecule has 0 fully saturated rings. The molecule has 0 amide bonds. The van der Waals surface area contributed by atoms with E-state index in [-0.39, 0.29) is 16.4 Å². The van der Waals surface area contributed by atoms with E-state index in [2.05, 4.69) is 19.9 Å². The monoisotopic (exact) mass is 290 g/mol. The molecule has 0 bridgehead atoms. The van der Waals surface area contributed by atoms with Gasteiger partial charge in [0.1, 0.15) is 0 Å². The van der Waals surface area contributed by atoms with Gasteiger partial charge in [0.2, 0.25) is 0 Å². The van der Waals surface area contributed by atoms with Gasteiger partial charge in [-0.2, -0.15) is 0 Å². The molecule has 2 aromatic carbocycles. The molecular formula is C14H18N4O3. The van der Waals surface area contributed by atoms with Crippen LogP contribution in [0.4, 0.5) is 0 Å². The van der Waals surface area contributed by atoms with Gasteiger partial charge in [0.15, 0.2) is 0 Å². The van der Waals surface area contributed by atoms with Gasteiger partial charge < -0.3 is 26.4 Å². The minimum absolute atomic E-state index is 0. The highest BCUT2D eigenvalue weighted by atomic mass is 16.0. The second-order valence-electron chi connectivity index (χ2n) is 3.84. The molecule has 112 valence electrons. The Kier molecular flexibility index (Phi) is 7.33. The Balaban J connectivity index is 0.000000333. The standard InChI is InChI=1S/2C7H6N2.3H2O/c2*1-2-4-7-6(3-1)8-5-9-7;;;/h2*1-5H,(H,8,9);3*1H2. The molecular weight excluding hydrogens is 272 g/mol. The SMILES string of the molecule is O.O.O.c1ccc2[nH]cnc2c1.c1ccc2[nH]cnc2c1. The van der Waals surface area contributed by atoms with Gasteiger partial charge in [0, 0.05) is 0 Å². The molecule has 21 heavy (non-hydrogen) atoms. The van der Waals surface area contributed by atoms with Crippen LogP contribution in [0, 0.1) is 0 Å². The molecule has 0 saturated carbocycles. The van der Waals surface area contributed by atoms with Crippen molar-refractivity contribution in [1.29, 1.82) is 0 Å². The Bertz CT molecular complexity index is 640. The molecule has 4 rings (SSSR count). The maximum atomic E-state index is 4.06. The lowest BCUT2D eigenvalue weighted by Gasteiger charge is -1.81. The number of aromatic amines is 2. The third-order valence-corrected chi connectivity index (χ3v) is 2.66. The fraction of sp³-hybridized carbons (Fsp3) is 0. The summed E-state index contributed by atoms with van der Waals surface area (Å²) in [5, 5.41) is 0. The lowest BCUT2D eigenvalue weighted by atomic mass is 10.3. The highest BCUT2D eigenvalue weighted by Gasteiger charge is 1.89. The van der Waals surface area contributed by atoms with E-state index >= 15 is 0 Å². The van der Waals surface area contributed by atoms with Crippen LogP contribution in [-0.2, 0) is 0 Å². The molecule has 0 aliphatic carbocycles. The Morgan fingerprint density at radius 3 is 1.33 bits per heavy atom. The van der Waals surface area contributed by atoms with E-state index in [4.69, 9.17) is 0 Å². The zero-order valence-corrected chi connectivity index (χ0v) is 11.2. The molecule has 7 heteroatoms. The van der Waals surface area contributed by atoms with Gasteiger partial charge in [0.25, 0.3) is 0 Å². The van der Waals surface area contributed by atoms with Crippen LogP contribution in [0.15, 0.2) is 61.2 Å². The number of fused-ring (bicyclic) bond motifs is 2. The Hall–Kier alpha value is -2.74. The quantitative estimate of drug-likeness (QED) is 0.488. The second kappa shape index (κ2) is 8.43. The number of hydrogen-bond acceptors (Lipinski definition) is 2. The topological polar surface area (TPSA) is 152 Å². The van der Waals surface area contributed by atoms with Gasteiger partial charge in [-0.05, 0) is 24.3 Å². The fourth-order valence-electron chi connectivity index (χ4n) is 1.76. The molecule has 8 N–H and O–H groups in total. The summed E-state index contributed by atoms with van der Waals surface area (Å²) in [5.41, 5.74) is 4.24. The highest BCUT2D eigenvalue weighted by Crippen LogP contribution is 2.06. The second-order valence-corrected chi connectivity index (χ2v) is 3.84. The van der Waals surface area contributed by atoms with E-state index < -0.39 is 0 Å². The summed E-state index contributed by atoms with van der Waals surface area (Å²) in [6.07, 6.45) is 3.40. The van der Waals surface area contributed by atoms with Gasteiger partial charge in [-0.1, -0.05) is 24.3 Å². The zero-order valence-electron chi connectivity index (χ0n) is 11.2. The number of H-pyrrole nitrogens is 2. The van der Waals surface area contributed by atoms with Crippen molar-refractivity contribution in [3.63, 3.8) is 0 Å². The van der Waals surface area contributed by atoms with E-state index in [0.717, 1.165) is 22.1 Å². The molecule has 4 aromatic rings. The van der Waals surface area contributed by atoms with E-state index in [9.17, 15) is 0 Å². The number of nitrogens with one attached hydrogen (secondary N) is 2. The molecule has 0 aliphatic heterocycles. The summed E-state index contributed by atoms with van der Waals surface area (Å²) < 4.78 is 0. The van der Waals surface area contributed by atoms with Crippen molar-refractivity contribution in [2.75, 3.05) is 0 Å². The Morgan fingerprint density at radius 1 is 0.571 bits per heavy atom. The summed E-state index contributed by atoms with van der Waals surface area (Å²) in [6, 6.07) is 15.9. The summed E-state index contributed by atoms with van der Waals surface area (Å²) in [5.74, 6) is 0. The van der Waals surface area contributed by atoms with Gasteiger partial charge in [0.05, 0.1) is 34.7 Å². The number of hydrogen-bond donors (Lipinski definition) is 2. The molecule has 0 unspecified atom stereocenters. The van der Waals surface area contributed by atoms with Crippen LogP contribution in [0.5, 0.6) is 0 Å². The van der Waals surface area contributed by atoms with Crippen molar-refractivity contribution in [3.8, 4) is 0 Å². The molecule has 0 radical (unpaired) electrons. The van der Waals surface area contributed by atoms with Crippen molar-refractivity contribution >= 4 is 22.1 Å². The first kappa shape index (κ1) is 18.3. The number of aromatic nitrogens is 4. The molecule has 0 aliphatic rings. The van der Waals surface area contributed by atoms with Crippen molar-refractivity contribution in [2.45, 2.75) is 0 Å². The Labute approximate surface area is 120 Å². The predicted molar refractivity (Wildman–Crippen MR) is 83.0 cm³/mol. The third-order valence-electron chi connectivity index (χ3n) is 2.66. The van der Waals surface area contributed by atoms with Gasteiger partial charge >= 0.3 is 0 Å². The number of para-hydroxylation sites is 4. The Morgan fingerprint density at radius 2 is 0.952 bits per heavy atom. The van der Waals surface area contributed by atoms with Crippen LogP contribution in [0.3, 0.4) is 0 Å². The minimum Gasteiger partial charge on any atom is -0.412 e. The van der Waals surface area contributed by atoms with Crippen LogP contribution in [-0.4, -0.2) is 36.4 Å². The normalized spacial score (nSPS) is 8.76. The average molecular weight is 290 g/mol. The van der Waals surface area contributed by atoms with Crippen LogP contribution < -0.4 is 0 Å². The van der Waals surface area contributed by atoms with Crippen LogP contribution >= 0.6 is 0 Å². The van der Waals surface area contributed by atoms with Gasteiger partial charge in [-0.3, -0.25) is 0 Å². The summed E-state index contributed by atoms with van der Waals surface area (Å²) >= 11 is 0. The third kappa shape index (κ3) is 4.11. The molecule has 0 saturated heterocycles. The number of rotatable bonds is 0. The molecule has 2 aromatic heterocycles. The number of benzene rings is 2. The number of nitrogens with zero attached hydrogens (tertiary/aromatic N) is 2. The van der Waals surface area contributed by atoms with E-state index in [1.807, 2.05) is 48.5 Å². The lowest BCUT2D eigenvalue weighted by Crippen LogP contribution is -1.63. The first-order valence-corrected chi connectivity index (χ1v) is 5.70. The minimum atomic E-state index is 0. The lowest BCUT2D eigenvalue weighted by molar-refractivity contribution is 0.823. The van der Waals surface area contributed by atoms with Crippen molar-refractivity contribution in [3.05, 3.63) is 61.2 Å². The van der Waals surface area contributed by atoms with Crippen molar-refractivity contribution in [2.24, 2.45) is 0 Å². The fourth-order valence-corrected chi connectivity index (χ4v) is 1.76. The average Bonchev–Trinajstić information content (AvgIpc) is 3.08. The molecule has 0 spiro atoms. The smallest absolute Gasteiger partial charge is 0.0931 e. The predicted octanol–water partition coefficient (Wildman–Crippen LogP) is 0.652. The van der Waals surface area contributed by atoms with E-state index in [1.165, 1.54) is 0 Å². The van der Waals surface area contributed by atoms with E-state index in [1.54, 1.807) is 12.7 Å². The molecule has 7 nitrogen and oxygen atoms in total. The van der Waals surface area contributed by atoms with Crippen molar-refractivity contribution in [1.82, 2.24) is 19.9 Å². The largest absolute Gasteiger partial charge is 0.412 e. The summed E-state index contributed by atoms with van der Waals surface area (Å²) in [6.45, 7) is 0. The van der Waals surface area contributed by atoms with Crippen molar-refractivity contribution < 1.29 is 16.4 Å². The first-order chi connectivity index (χ1) is 8.93. The maximum absolute atomic E-state index is 4.06. The van der Waals surface area contributed by atoms with E-state index in [0.29, 0.717) is 0 Å². The summed E-state index contributed by atoms with van der Waals surface area (Å²) in [4.78, 5) is 14.1. The molecule has 0 atom stereocenters. The highest BCUT2D eigenvalue weighted by molar-refractivity contribution is 5.74. The van der Waals surface area contributed by atoms with Crippen LogP contribution in [0.1, 0.15) is 0 Å². The molecule has 2 heterocycles. The zero-order chi connectivity index (χ0) is 12.2.